The van der Waals surface area contributed by atoms with E-state index in [-0.39, 0.29) is 18.1 Å². The zero-order chi connectivity index (χ0) is 20.3. The lowest BCUT2D eigenvalue weighted by molar-refractivity contribution is -0.119. The van der Waals surface area contributed by atoms with E-state index in [1.807, 2.05) is 5.38 Å². The van der Waals surface area contributed by atoms with E-state index in [0.29, 0.717) is 22.0 Å². The van der Waals surface area contributed by atoms with Crippen molar-refractivity contribution in [2.45, 2.75) is 32.6 Å². The maximum absolute atomic E-state index is 12.3. The number of hydrogen-bond donors (Lipinski definition) is 2. The molecule has 0 unspecified atom stereocenters. The van der Waals surface area contributed by atoms with Gasteiger partial charge in [-0.05, 0) is 49.6 Å². The Labute approximate surface area is 165 Å². The van der Waals surface area contributed by atoms with Crippen molar-refractivity contribution in [2.24, 2.45) is 0 Å². The molecule has 0 saturated heterocycles. The first-order valence-electron chi connectivity index (χ1n) is 8.85. The summed E-state index contributed by atoms with van der Waals surface area (Å²) in [6.45, 7) is 2.81. The molecule has 0 aliphatic heterocycles. The molecule has 2 N–H and O–H groups in total. The van der Waals surface area contributed by atoms with Crippen molar-refractivity contribution in [2.75, 3.05) is 18.5 Å². The molecule has 1 fully saturated rings. The maximum Gasteiger partial charge on any atom is 0.355 e. The lowest BCUT2D eigenvalue weighted by Crippen LogP contribution is -2.22. The summed E-state index contributed by atoms with van der Waals surface area (Å²) in [5.74, 6) is -1.66. The van der Waals surface area contributed by atoms with Crippen LogP contribution >= 0.6 is 11.3 Å². The van der Waals surface area contributed by atoms with Crippen molar-refractivity contribution in [1.82, 2.24) is 4.98 Å². The zero-order valence-corrected chi connectivity index (χ0v) is 16.3. The van der Waals surface area contributed by atoms with Crippen molar-refractivity contribution >= 4 is 40.0 Å². The summed E-state index contributed by atoms with van der Waals surface area (Å²) < 4.78 is 10.1. The van der Waals surface area contributed by atoms with Gasteiger partial charge in [0.05, 0.1) is 12.2 Å². The van der Waals surface area contributed by atoms with Crippen LogP contribution in [0.2, 0.25) is 0 Å². The highest BCUT2D eigenvalue weighted by molar-refractivity contribution is 7.15. The SMILES string of the molecule is CCOC(=O)c1c(C2CC2)csc1NC(=O)COC(=O)c1cc(C(C)=O)c[nH]1. The molecule has 0 radical (unpaired) electrons. The lowest BCUT2D eigenvalue weighted by atomic mass is 10.1. The number of ketones is 1. The number of esters is 2. The van der Waals surface area contributed by atoms with Gasteiger partial charge in [0.2, 0.25) is 0 Å². The Morgan fingerprint density at radius 1 is 1.21 bits per heavy atom. The molecule has 2 aromatic rings. The second kappa shape index (κ2) is 8.39. The zero-order valence-electron chi connectivity index (χ0n) is 15.5. The quantitative estimate of drug-likeness (QED) is 0.516. The summed E-state index contributed by atoms with van der Waals surface area (Å²) in [5.41, 5.74) is 1.70. The van der Waals surface area contributed by atoms with Gasteiger partial charge in [-0.1, -0.05) is 0 Å². The topological polar surface area (TPSA) is 115 Å². The number of aromatic amines is 1. The number of hydrogen-bond acceptors (Lipinski definition) is 7. The number of ether oxygens (including phenoxy) is 2. The molecule has 2 heterocycles. The molecule has 0 aromatic carbocycles. The fourth-order valence-electron chi connectivity index (χ4n) is 2.66. The number of thiophene rings is 1. The predicted octanol–water partition coefficient (Wildman–Crippen LogP) is 3.13. The fraction of sp³-hybridized carbons (Fsp3) is 0.368. The Morgan fingerprint density at radius 2 is 1.96 bits per heavy atom. The first-order valence-corrected chi connectivity index (χ1v) is 9.73. The minimum absolute atomic E-state index is 0.0809. The first-order chi connectivity index (χ1) is 13.4. The second-order valence-electron chi connectivity index (χ2n) is 6.37. The fourth-order valence-corrected chi connectivity index (χ4v) is 3.71. The van der Waals surface area contributed by atoms with Crippen molar-refractivity contribution in [1.29, 1.82) is 0 Å². The molecule has 28 heavy (non-hydrogen) atoms. The van der Waals surface area contributed by atoms with Gasteiger partial charge in [0.25, 0.3) is 5.91 Å². The monoisotopic (exact) mass is 404 g/mol. The minimum atomic E-state index is -0.752. The number of rotatable bonds is 8. The highest BCUT2D eigenvalue weighted by Crippen LogP contribution is 2.46. The average molecular weight is 404 g/mol. The third-order valence-corrected chi connectivity index (χ3v) is 5.13. The summed E-state index contributed by atoms with van der Waals surface area (Å²) in [7, 11) is 0. The predicted molar refractivity (Wildman–Crippen MR) is 102 cm³/mol. The molecule has 3 rings (SSSR count). The Balaban J connectivity index is 1.62. The van der Waals surface area contributed by atoms with Crippen LogP contribution in [0.3, 0.4) is 0 Å². The van der Waals surface area contributed by atoms with Crippen molar-refractivity contribution in [3.8, 4) is 0 Å². The van der Waals surface area contributed by atoms with Crippen molar-refractivity contribution in [3.05, 3.63) is 40.0 Å². The largest absolute Gasteiger partial charge is 0.462 e. The van der Waals surface area contributed by atoms with Crippen LogP contribution in [-0.4, -0.2) is 41.8 Å². The first kappa shape index (κ1) is 19.8. The number of anilines is 1. The third-order valence-electron chi connectivity index (χ3n) is 4.21. The number of nitrogens with one attached hydrogen (secondary N) is 2. The van der Waals surface area contributed by atoms with Gasteiger partial charge in [0.1, 0.15) is 10.7 Å². The lowest BCUT2D eigenvalue weighted by Gasteiger charge is -2.08. The number of amides is 1. The van der Waals surface area contributed by atoms with Crippen molar-refractivity contribution < 1.29 is 28.7 Å². The number of aromatic nitrogens is 1. The maximum atomic E-state index is 12.3. The van der Waals surface area contributed by atoms with E-state index >= 15 is 0 Å². The van der Waals surface area contributed by atoms with Crippen LogP contribution in [0.5, 0.6) is 0 Å². The molecule has 1 saturated carbocycles. The molecule has 1 aliphatic rings. The number of H-pyrrole nitrogens is 1. The standard InChI is InChI=1S/C19H20N2O6S/c1-3-26-19(25)16-13(11-4-5-11)9-28-17(16)21-15(23)8-27-18(24)14-6-12(7-20-14)10(2)22/h6-7,9,11,20H,3-5,8H2,1-2H3,(H,21,23). The van der Waals surface area contributed by atoms with Gasteiger partial charge >= 0.3 is 11.9 Å². The highest BCUT2D eigenvalue weighted by atomic mass is 32.1. The summed E-state index contributed by atoms with van der Waals surface area (Å²) in [6.07, 6.45) is 3.41. The van der Waals surface area contributed by atoms with Gasteiger partial charge in [-0.15, -0.1) is 11.3 Å². The van der Waals surface area contributed by atoms with Gasteiger partial charge in [-0.25, -0.2) is 9.59 Å². The van der Waals surface area contributed by atoms with E-state index < -0.39 is 24.5 Å². The summed E-state index contributed by atoms with van der Waals surface area (Å²) in [4.78, 5) is 50.4. The molecule has 0 atom stereocenters. The van der Waals surface area contributed by atoms with E-state index in [9.17, 15) is 19.2 Å². The second-order valence-corrected chi connectivity index (χ2v) is 7.25. The Kier molecular flexibility index (Phi) is 5.93. The summed E-state index contributed by atoms with van der Waals surface area (Å²) >= 11 is 1.25. The van der Waals surface area contributed by atoms with Gasteiger partial charge in [0, 0.05) is 11.8 Å². The summed E-state index contributed by atoms with van der Waals surface area (Å²) in [5, 5.41) is 4.86. The van der Waals surface area contributed by atoms with Crippen LogP contribution in [0.15, 0.2) is 17.6 Å². The van der Waals surface area contributed by atoms with E-state index in [1.54, 1.807) is 6.92 Å². The Hall–Kier alpha value is -2.94. The van der Waals surface area contributed by atoms with Crippen LogP contribution in [0.4, 0.5) is 5.00 Å². The van der Waals surface area contributed by atoms with E-state index in [0.717, 1.165) is 18.4 Å². The molecule has 1 aliphatic carbocycles. The molecule has 2 aromatic heterocycles. The molecule has 8 nitrogen and oxygen atoms in total. The summed E-state index contributed by atoms with van der Waals surface area (Å²) in [6, 6.07) is 1.36. The van der Waals surface area contributed by atoms with Crippen LogP contribution < -0.4 is 5.32 Å². The molecular weight excluding hydrogens is 384 g/mol. The Morgan fingerprint density at radius 3 is 2.57 bits per heavy atom. The van der Waals surface area contributed by atoms with Gasteiger partial charge in [-0.2, -0.15) is 0 Å². The number of Topliss-reactive ketones (excluding diaryl/α,β-unsaturated/α-hetero) is 1. The number of carbonyl (C=O) groups excluding carboxylic acids is 4. The molecule has 9 heteroatoms. The van der Waals surface area contributed by atoms with Gasteiger partial charge in [0.15, 0.2) is 12.4 Å². The van der Waals surface area contributed by atoms with E-state index in [4.69, 9.17) is 9.47 Å². The van der Waals surface area contributed by atoms with Crippen LogP contribution in [0, 0.1) is 0 Å². The van der Waals surface area contributed by atoms with Crippen LogP contribution in [0.25, 0.3) is 0 Å². The van der Waals surface area contributed by atoms with Crippen LogP contribution in [0.1, 0.15) is 69.4 Å². The van der Waals surface area contributed by atoms with Gasteiger partial charge in [-0.3, -0.25) is 9.59 Å². The normalized spacial score (nSPS) is 13.1. The average Bonchev–Trinajstić information content (AvgIpc) is 3.21. The molecule has 0 spiro atoms. The van der Waals surface area contributed by atoms with E-state index in [1.165, 1.54) is 30.5 Å². The molecule has 0 bridgehead atoms. The van der Waals surface area contributed by atoms with Crippen molar-refractivity contribution in [3.63, 3.8) is 0 Å². The molecular formula is C19H20N2O6S. The van der Waals surface area contributed by atoms with Gasteiger partial charge < -0.3 is 19.8 Å². The highest BCUT2D eigenvalue weighted by Gasteiger charge is 2.32. The minimum Gasteiger partial charge on any atom is -0.462 e. The molecule has 148 valence electrons. The number of carbonyl (C=O) groups is 4. The van der Waals surface area contributed by atoms with Crippen LogP contribution in [-0.2, 0) is 14.3 Å². The Bertz CT molecular complexity index is 925. The van der Waals surface area contributed by atoms with E-state index in [2.05, 4.69) is 10.3 Å². The third kappa shape index (κ3) is 4.48. The smallest absolute Gasteiger partial charge is 0.355 e. The molecule has 1 amide bonds.